The van der Waals surface area contributed by atoms with Gasteiger partial charge in [0.25, 0.3) is 5.91 Å². The standard InChI is InChI=1S/C12H16BrNO2S/c1-2-9-3-6-17-11(9)12(15)14-4-5-16-10(7-13)8-14/h3,6,10H,2,4-5,7-8H2,1H3. The van der Waals surface area contributed by atoms with Crippen LogP contribution >= 0.6 is 27.3 Å². The Morgan fingerprint density at radius 3 is 3.24 bits per heavy atom. The minimum Gasteiger partial charge on any atom is -0.374 e. The first-order valence-corrected chi connectivity index (χ1v) is 7.79. The lowest BCUT2D eigenvalue weighted by Crippen LogP contribution is -2.46. The first-order chi connectivity index (χ1) is 8.26. The van der Waals surface area contributed by atoms with Crippen LogP contribution in [0.3, 0.4) is 0 Å². The summed E-state index contributed by atoms with van der Waals surface area (Å²) < 4.78 is 5.54. The maximum Gasteiger partial charge on any atom is 0.264 e. The van der Waals surface area contributed by atoms with E-state index >= 15 is 0 Å². The van der Waals surface area contributed by atoms with Gasteiger partial charge in [0.15, 0.2) is 0 Å². The zero-order valence-corrected chi connectivity index (χ0v) is 12.2. The number of carbonyl (C=O) groups excluding carboxylic acids is 1. The minimum atomic E-state index is 0.123. The lowest BCUT2D eigenvalue weighted by molar-refractivity contribution is -0.00949. The number of hydrogen-bond acceptors (Lipinski definition) is 3. The molecule has 0 aromatic carbocycles. The Morgan fingerprint density at radius 2 is 2.53 bits per heavy atom. The molecule has 2 heterocycles. The number of alkyl halides is 1. The van der Waals surface area contributed by atoms with Gasteiger partial charge in [-0.1, -0.05) is 22.9 Å². The number of aryl methyl sites for hydroxylation is 1. The molecule has 5 heteroatoms. The number of rotatable bonds is 3. The van der Waals surface area contributed by atoms with Crippen molar-refractivity contribution in [3.05, 3.63) is 21.9 Å². The van der Waals surface area contributed by atoms with Gasteiger partial charge in [-0.05, 0) is 23.4 Å². The van der Waals surface area contributed by atoms with E-state index in [4.69, 9.17) is 4.74 Å². The van der Waals surface area contributed by atoms with Crippen LogP contribution in [0.4, 0.5) is 0 Å². The van der Waals surface area contributed by atoms with Crippen LogP contribution in [0, 0.1) is 0 Å². The van der Waals surface area contributed by atoms with Crippen LogP contribution in [0.25, 0.3) is 0 Å². The number of amides is 1. The van der Waals surface area contributed by atoms with Crippen molar-refractivity contribution >= 4 is 33.2 Å². The predicted molar refractivity (Wildman–Crippen MR) is 73.1 cm³/mol. The highest BCUT2D eigenvalue weighted by Crippen LogP contribution is 2.21. The van der Waals surface area contributed by atoms with Crippen molar-refractivity contribution in [3.8, 4) is 0 Å². The molecular formula is C12H16BrNO2S. The Bertz CT molecular complexity index is 394. The van der Waals surface area contributed by atoms with Crippen molar-refractivity contribution in [2.75, 3.05) is 25.0 Å². The number of nitrogens with zero attached hydrogens (tertiary/aromatic N) is 1. The van der Waals surface area contributed by atoms with Gasteiger partial charge in [-0.3, -0.25) is 4.79 Å². The third kappa shape index (κ3) is 2.89. The molecular weight excluding hydrogens is 302 g/mol. The Balaban J connectivity index is 2.09. The van der Waals surface area contributed by atoms with Gasteiger partial charge in [0.1, 0.15) is 0 Å². The van der Waals surface area contributed by atoms with Crippen LogP contribution in [0.2, 0.25) is 0 Å². The summed E-state index contributed by atoms with van der Waals surface area (Å²) in [4.78, 5) is 15.2. The largest absolute Gasteiger partial charge is 0.374 e. The van der Waals surface area contributed by atoms with E-state index in [1.54, 1.807) is 11.3 Å². The van der Waals surface area contributed by atoms with Gasteiger partial charge >= 0.3 is 0 Å². The monoisotopic (exact) mass is 317 g/mol. The number of ether oxygens (including phenoxy) is 1. The normalized spacial score (nSPS) is 20.6. The van der Waals surface area contributed by atoms with E-state index in [0.717, 1.165) is 22.2 Å². The fourth-order valence-corrected chi connectivity index (χ4v) is 3.30. The topological polar surface area (TPSA) is 29.5 Å². The molecule has 1 amide bonds. The molecule has 0 saturated carbocycles. The zero-order valence-electron chi connectivity index (χ0n) is 9.82. The first kappa shape index (κ1) is 13.1. The second kappa shape index (κ2) is 5.98. The first-order valence-electron chi connectivity index (χ1n) is 5.79. The summed E-state index contributed by atoms with van der Waals surface area (Å²) in [6, 6.07) is 2.04. The maximum atomic E-state index is 12.4. The van der Waals surface area contributed by atoms with Gasteiger partial charge < -0.3 is 9.64 Å². The van der Waals surface area contributed by atoms with Crippen LogP contribution in [0.15, 0.2) is 11.4 Å². The lowest BCUT2D eigenvalue weighted by atomic mass is 10.2. The average molecular weight is 318 g/mol. The van der Waals surface area contributed by atoms with Crippen molar-refractivity contribution in [2.24, 2.45) is 0 Å². The summed E-state index contributed by atoms with van der Waals surface area (Å²) in [6.07, 6.45) is 1.04. The number of hydrogen-bond donors (Lipinski definition) is 0. The molecule has 2 rings (SSSR count). The van der Waals surface area contributed by atoms with Crippen molar-refractivity contribution in [1.82, 2.24) is 4.90 Å². The highest BCUT2D eigenvalue weighted by Gasteiger charge is 2.26. The fourth-order valence-electron chi connectivity index (χ4n) is 1.94. The molecule has 1 aliphatic rings. The summed E-state index contributed by atoms with van der Waals surface area (Å²) in [5.74, 6) is 0.158. The van der Waals surface area contributed by atoms with E-state index in [-0.39, 0.29) is 12.0 Å². The molecule has 1 saturated heterocycles. The molecule has 1 fully saturated rings. The van der Waals surface area contributed by atoms with E-state index < -0.39 is 0 Å². The maximum absolute atomic E-state index is 12.4. The smallest absolute Gasteiger partial charge is 0.264 e. The molecule has 0 radical (unpaired) electrons. The summed E-state index contributed by atoms with van der Waals surface area (Å²) in [7, 11) is 0. The molecule has 1 aromatic heterocycles. The summed E-state index contributed by atoms with van der Waals surface area (Å²) in [5.41, 5.74) is 1.15. The number of halogens is 1. The van der Waals surface area contributed by atoms with Gasteiger partial charge in [0.05, 0.1) is 17.6 Å². The van der Waals surface area contributed by atoms with Crippen LogP contribution in [-0.4, -0.2) is 41.9 Å². The van der Waals surface area contributed by atoms with Crippen molar-refractivity contribution in [3.63, 3.8) is 0 Å². The molecule has 1 unspecified atom stereocenters. The molecule has 3 nitrogen and oxygen atoms in total. The van der Waals surface area contributed by atoms with E-state index in [1.807, 2.05) is 16.3 Å². The lowest BCUT2D eigenvalue weighted by Gasteiger charge is -2.32. The molecule has 0 spiro atoms. The van der Waals surface area contributed by atoms with Gasteiger partial charge in [-0.2, -0.15) is 0 Å². The Labute approximate surface area is 114 Å². The zero-order chi connectivity index (χ0) is 12.3. The number of thiophene rings is 1. The van der Waals surface area contributed by atoms with Crippen LogP contribution < -0.4 is 0 Å². The molecule has 0 aliphatic carbocycles. The molecule has 1 aliphatic heterocycles. The van der Waals surface area contributed by atoms with Gasteiger partial charge in [0.2, 0.25) is 0 Å². The van der Waals surface area contributed by atoms with Crippen molar-refractivity contribution in [2.45, 2.75) is 19.4 Å². The number of morpholine rings is 1. The summed E-state index contributed by atoms with van der Waals surface area (Å²) in [5, 5.41) is 2.77. The van der Waals surface area contributed by atoms with Gasteiger partial charge in [0, 0.05) is 18.4 Å². The molecule has 1 atom stereocenters. The second-order valence-electron chi connectivity index (χ2n) is 4.03. The molecule has 0 bridgehead atoms. The highest BCUT2D eigenvalue weighted by atomic mass is 79.9. The molecule has 1 aromatic rings. The predicted octanol–water partition coefficient (Wildman–Crippen LogP) is 2.55. The van der Waals surface area contributed by atoms with E-state index in [0.29, 0.717) is 19.7 Å². The Hall–Kier alpha value is -0.390. The number of carbonyl (C=O) groups is 1. The second-order valence-corrected chi connectivity index (χ2v) is 5.59. The van der Waals surface area contributed by atoms with Crippen molar-refractivity contribution < 1.29 is 9.53 Å². The van der Waals surface area contributed by atoms with Crippen LogP contribution in [0.1, 0.15) is 22.2 Å². The average Bonchev–Trinajstić information content (AvgIpc) is 2.86. The molecule has 17 heavy (non-hydrogen) atoms. The van der Waals surface area contributed by atoms with E-state index in [1.165, 1.54) is 0 Å². The summed E-state index contributed by atoms with van der Waals surface area (Å²) >= 11 is 4.95. The third-order valence-electron chi connectivity index (χ3n) is 2.92. The van der Waals surface area contributed by atoms with Crippen LogP contribution in [0.5, 0.6) is 0 Å². The molecule has 0 N–H and O–H groups in total. The van der Waals surface area contributed by atoms with Gasteiger partial charge in [-0.15, -0.1) is 11.3 Å². The third-order valence-corrected chi connectivity index (χ3v) is 4.59. The Morgan fingerprint density at radius 1 is 1.71 bits per heavy atom. The fraction of sp³-hybridized carbons (Fsp3) is 0.583. The van der Waals surface area contributed by atoms with E-state index in [9.17, 15) is 4.79 Å². The minimum absolute atomic E-state index is 0.123. The quantitative estimate of drug-likeness (QED) is 0.802. The SMILES string of the molecule is CCc1ccsc1C(=O)N1CCOC(CBr)C1. The van der Waals surface area contributed by atoms with E-state index in [2.05, 4.69) is 22.9 Å². The van der Waals surface area contributed by atoms with Gasteiger partial charge in [-0.25, -0.2) is 0 Å². The van der Waals surface area contributed by atoms with Crippen molar-refractivity contribution in [1.29, 1.82) is 0 Å². The summed E-state index contributed by atoms with van der Waals surface area (Å²) in [6.45, 7) is 4.10. The Kier molecular flexibility index (Phi) is 4.59. The highest BCUT2D eigenvalue weighted by molar-refractivity contribution is 9.09. The molecule has 94 valence electrons. The van der Waals surface area contributed by atoms with Crippen LogP contribution in [-0.2, 0) is 11.2 Å².